The lowest BCUT2D eigenvalue weighted by molar-refractivity contribution is -0.385. The first kappa shape index (κ1) is 13.0. The highest BCUT2D eigenvalue weighted by Crippen LogP contribution is 2.23. The summed E-state index contributed by atoms with van der Waals surface area (Å²) in [5.74, 6) is 0.238. The third-order valence-corrected chi connectivity index (χ3v) is 2.76. The van der Waals surface area contributed by atoms with Crippen LogP contribution in [0.5, 0.6) is 0 Å². The van der Waals surface area contributed by atoms with E-state index >= 15 is 0 Å². The molecule has 1 aromatic heterocycles. The van der Waals surface area contributed by atoms with E-state index in [-0.39, 0.29) is 17.1 Å². The lowest BCUT2D eigenvalue weighted by Crippen LogP contribution is -2.38. The van der Waals surface area contributed by atoms with Gasteiger partial charge < -0.3 is 20.6 Å². The summed E-state index contributed by atoms with van der Waals surface area (Å²) in [4.78, 5) is 16.1. The van der Waals surface area contributed by atoms with Crippen molar-refractivity contribution >= 4 is 17.3 Å². The minimum Gasteiger partial charge on any atom is -0.409 e. The van der Waals surface area contributed by atoms with E-state index in [1.54, 1.807) is 0 Å². The summed E-state index contributed by atoms with van der Waals surface area (Å²) in [7, 11) is 0. The fourth-order valence-electron chi connectivity index (χ4n) is 1.82. The van der Waals surface area contributed by atoms with E-state index in [9.17, 15) is 10.1 Å². The number of pyridine rings is 1. The Hall–Kier alpha value is -2.42. The van der Waals surface area contributed by atoms with Gasteiger partial charge in [-0.3, -0.25) is 10.1 Å². The highest BCUT2D eigenvalue weighted by atomic mass is 16.6. The van der Waals surface area contributed by atoms with E-state index in [1.165, 1.54) is 6.07 Å². The molecule has 1 fully saturated rings. The van der Waals surface area contributed by atoms with Gasteiger partial charge in [-0.2, -0.15) is 0 Å². The number of anilines is 1. The summed E-state index contributed by atoms with van der Waals surface area (Å²) in [5, 5.41) is 22.4. The summed E-state index contributed by atoms with van der Waals surface area (Å²) in [6, 6.07) is 1.24. The first-order valence-electron chi connectivity index (χ1n) is 5.58. The molecule has 9 nitrogen and oxygen atoms in total. The molecular weight excluding hydrogens is 254 g/mol. The van der Waals surface area contributed by atoms with Crippen molar-refractivity contribution in [2.75, 3.05) is 31.2 Å². The van der Waals surface area contributed by atoms with Crippen LogP contribution in [0.4, 0.5) is 11.5 Å². The number of oxime groups is 1. The van der Waals surface area contributed by atoms with Crippen molar-refractivity contribution in [3.8, 4) is 0 Å². The molecule has 102 valence electrons. The summed E-state index contributed by atoms with van der Waals surface area (Å²) < 4.78 is 5.22. The second kappa shape index (κ2) is 5.48. The largest absolute Gasteiger partial charge is 0.409 e. The summed E-state index contributed by atoms with van der Waals surface area (Å²) in [6.45, 7) is 2.26. The topological polar surface area (TPSA) is 127 Å². The van der Waals surface area contributed by atoms with Gasteiger partial charge in [0.1, 0.15) is 12.0 Å². The first-order valence-corrected chi connectivity index (χ1v) is 5.58. The molecule has 0 atom stereocenters. The van der Waals surface area contributed by atoms with Crippen LogP contribution in [0.15, 0.2) is 17.4 Å². The second-order valence-corrected chi connectivity index (χ2v) is 3.91. The highest BCUT2D eigenvalue weighted by molar-refractivity contribution is 6.01. The molecule has 2 heterocycles. The number of nitrogens with two attached hydrogens (primary N) is 1. The predicted octanol–water partition coefficient (Wildman–Crippen LogP) is -0.0791. The normalized spacial score (nSPS) is 16.4. The third-order valence-electron chi connectivity index (χ3n) is 2.76. The Labute approximate surface area is 108 Å². The molecule has 0 aliphatic carbocycles. The zero-order valence-corrected chi connectivity index (χ0v) is 10.0. The van der Waals surface area contributed by atoms with Gasteiger partial charge in [0.05, 0.1) is 23.7 Å². The van der Waals surface area contributed by atoms with Gasteiger partial charge in [0.25, 0.3) is 5.69 Å². The van der Waals surface area contributed by atoms with Crippen LogP contribution in [0.1, 0.15) is 5.56 Å². The summed E-state index contributed by atoms with van der Waals surface area (Å²) >= 11 is 0. The van der Waals surface area contributed by atoms with Crippen LogP contribution >= 0.6 is 0 Å². The van der Waals surface area contributed by atoms with Gasteiger partial charge in [0.15, 0.2) is 5.84 Å². The smallest absolute Gasteiger partial charge is 0.288 e. The van der Waals surface area contributed by atoms with E-state index in [1.807, 2.05) is 4.90 Å². The molecule has 0 aromatic carbocycles. The van der Waals surface area contributed by atoms with Gasteiger partial charge in [-0.15, -0.1) is 0 Å². The lowest BCUT2D eigenvalue weighted by Gasteiger charge is -2.29. The molecule has 1 aliphatic heterocycles. The zero-order chi connectivity index (χ0) is 13.8. The molecule has 0 bridgehead atoms. The molecule has 0 unspecified atom stereocenters. The minimum atomic E-state index is -0.579. The van der Waals surface area contributed by atoms with Gasteiger partial charge in [0, 0.05) is 19.2 Å². The Morgan fingerprint density at radius 2 is 2.26 bits per heavy atom. The first-order chi connectivity index (χ1) is 9.13. The fourth-order valence-corrected chi connectivity index (χ4v) is 1.82. The number of hydrogen-bond donors (Lipinski definition) is 2. The van der Waals surface area contributed by atoms with Crippen LogP contribution < -0.4 is 10.6 Å². The summed E-state index contributed by atoms with van der Waals surface area (Å²) in [5.41, 5.74) is 5.58. The Morgan fingerprint density at radius 1 is 1.58 bits per heavy atom. The maximum absolute atomic E-state index is 10.7. The average molecular weight is 267 g/mol. The Balaban J connectivity index is 2.44. The van der Waals surface area contributed by atoms with Crippen LogP contribution in [-0.2, 0) is 4.74 Å². The van der Waals surface area contributed by atoms with Crippen molar-refractivity contribution in [1.29, 1.82) is 0 Å². The van der Waals surface area contributed by atoms with Crippen LogP contribution in [0.3, 0.4) is 0 Å². The molecule has 0 radical (unpaired) electrons. The number of rotatable bonds is 3. The van der Waals surface area contributed by atoms with Crippen molar-refractivity contribution in [3.63, 3.8) is 0 Å². The SMILES string of the molecule is NC(=NO)c1cc([N+](=O)[O-])cnc1N1CCOCC1. The molecule has 0 spiro atoms. The predicted molar refractivity (Wildman–Crippen MR) is 66.4 cm³/mol. The number of hydrogen-bond acceptors (Lipinski definition) is 7. The van der Waals surface area contributed by atoms with Crippen LogP contribution in [0.25, 0.3) is 0 Å². The summed E-state index contributed by atoms with van der Waals surface area (Å²) in [6.07, 6.45) is 1.15. The number of aromatic nitrogens is 1. The van der Waals surface area contributed by atoms with Crippen LogP contribution in [0.2, 0.25) is 0 Å². The van der Waals surface area contributed by atoms with Gasteiger partial charge >= 0.3 is 0 Å². The Bertz CT molecular complexity index is 513. The van der Waals surface area contributed by atoms with Crippen molar-refractivity contribution in [3.05, 3.63) is 27.9 Å². The standard InChI is InChI=1S/C10H13N5O4/c11-9(13-16)8-5-7(15(17)18)6-12-10(8)14-1-3-19-4-2-14/h5-6,16H,1-4H2,(H2,11,13). The average Bonchev–Trinajstić information content (AvgIpc) is 2.46. The number of nitro groups is 1. The van der Waals surface area contributed by atoms with Crippen molar-refractivity contribution in [2.45, 2.75) is 0 Å². The molecule has 1 aromatic rings. The van der Waals surface area contributed by atoms with E-state index in [0.29, 0.717) is 32.1 Å². The van der Waals surface area contributed by atoms with Crippen LogP contribution in [0, 0.1) is 10.1 Å². The molecule has 9 heteroatoms. The maximum Gasteiger partial charge on any atom is 0.288 e. The molecule has 1 aliphatic rings. The quantitative estimate of drug-likeness (QED) is 0.258. The lowest BCUT2D eigenvalue weighted by atomic mass is 10.2. The number of ether oxygens (including phenoxy) is 1. The molecular formula is C10H13N5O4. The van der Waals surface area contributed by atoms with Gasteiger partial charge in [0.2, 0.25) is 0 Å². The molecule has 0 amide bonds. The van der Waals surface area contributed by atoms with Crippen molar-refractivity contribution in [1.82, 2.24) is 4.98 Å². The zero-order valence-electron chi connectivity index (χ0n) is 10.0. The molecule has 19 heavy (non-hydrogen) atoms. The van der Waals surface area contributed by atoms with Gasteiger partial charge in [-0.05, 0) is 0 Å². The monoisotopic (exact) mass is 267 g/mol. The highest BCUT2D eigenvalue weighted by Gasteiger charge is 2.21. The third kappa shape index (κ3) is 2.71. The van der Waals surface area contributed by atoms with Gasteiger partial charge in [-0.1, -0.05) is 5.16 Å². The number of morpholine rings is 1. The van der Waals surface area contributed by atoms with Crippen molar-refractivity contribution in [2.24, 2.45) is 10.9 Å². The van der Waals surface area contributed by atoms with Crippen molar-refractivity contribution < 1.29 is 14.9 Å². The van der Waals surface area contributed by atoms with Gasteiger partial charge in [-0.25, -0.2) is 4.98 Å². The number of amidine groups is 1. The fraction of sp³-hybridized carbons (Fsp3) is 0.400. The minimum absolute atomic E-state index is 0.210. The van der Waals surface area contributed by atoms with E-state index in [0.717, 1.165) is 6.20 Å². The molecule has 3 N–H and O–H groups in total. The molecule has 2 rings (SSSR count). The molecule has 0 saturated carbocycles. The second-order valence-electron chi connectivity index (χ2n) is 3.91. The Kier molecular flexibility index (Phi) is 3.76. The maximum atomic E-state index is 10.7. The van der Waals surface area contributed by atoms with E-state index in [4.69, 9.17) is 15.7 Å². The Morgan fingerprint density at radius 3 is 2.84 bits per heavy atom. The number of nitrogens with zero attached hydrogens (tertiary/aromatic N) is 4. The van der Waals surface area contributed by atoms with Crippen LogP contribution in [-0.4, -0.2) is 47.3 Å². The van der Waals surface area contributed by atoms with E-state index in [2.05, 4.69) is 10.1 Å². The molecule has 1 saturated heterocycles. The van der Waals surface area contributed by atoms with E-state index < -0.39 is 4.92 Å².